The Bertz CT molecular complexity index is 916. The molecule has 5 heteroatoms. The Morgan fingerprint density at radius 3 is 2.72 bits per heavy atom. The van der Waals surface area contributed by atoms with Crippen molar-refractivity contribution in [2.24, 2.45) is 29.4 Å². The standard InChI is InChI=1S/C24H32N4O/c1-15-8-17(18-6-5-16(10-25)24-19(18)4-3-7-26-24)12-28(11-15)23(29)9-20-21-13-27(2)14-22(20)21/h3-7,15,17,20-22H,8-14,25H2,1-2H3/t15-,17+,20-,21-,22+/m1/s1. The summed E-state index contributed by atoms with van der Waals surface area (Å²) < 4.78 is 0. The van der Waals surface area contributed by atoms with E-state index in [2.05, 4.69) is 47.0 Å². The molecule has 1 amide bonds. The highest BCUT2D eigenvalue weighted by atomic mass is 16.2. The van der Waals surface area contributed by atoms with Crippen molar-refractivity contribution in [3.05, 3.63) is 41.6 Å². The number of piperidine rings is 2. The second kappa shape index (κ2) is 7.37. The van der Waals surface area contributed by atoms with Crippen molar-refractivity contribution in [3.63, 3.8) is 0 Å². The molecular weight excluding hydrogens is 360 g/mol. The van der Waals surface area contributed by atoms with Gasteiger partial charge in [-0.1, -0.05) is 25.1 Å². The third-order valence-corrected chi connectivity index (χ3v) is 7.52. The lowest BCUT2D eigenvalue weighted by molar-refractivity contribution is -0.133. The summed E-state index contributed by atoms with van der Waals surface area (Å²) in [7, 11) is 2.19. The molecule has 5 rings (SSSR count). The monoisotopic (exact) mass is 392 g/mol. The molecule has 5 atom stereocenters. The quantitative estimate of drug-likeness (QED) is 0.869. The number of nitrogens with zero attached hydrogens (tertiary/aromatic N) is 3. The fourth-order valence-corrected chi connectivity index (χ4v) is 6.05. The van der Waals surface area contributed by atoms with E-state index in [1.165, 1.54) is 24.0 Å². The number of pyridine rings is 1. The molecule has 2 aliphatic heterocycles. The molecule has 1 aliphatic carbocycles. The van der Waals surface area contributed by atoms with Gasteiger partial charge in [0.2, 0.25) is 5.91 Å². The number of benzene rings is 1. The second-order valence-electron chi connectivity index (χ2n) is 9.67. The number of likely N-dealkylation sites (tertiary alicyclic amines) is 2. The third kappa shape index (κ3) is 3.44. The summed E-state index contributed by atoms with van der Waals surface area (Å²) in [6.07, 6.45) is 3.71. The zero-order chi connectivity index (χ0) is 20.1. The zero-order valence-corrected chi connectivity index (χ0v) is 17.6. The number of amides is 1. The number of nitrogens with two attached hydrogens (primary N) is 1. The van der Waals surface area contributed by atoms with Gasteiger partial charge in [0.15, 0.2) is 0 Å². The van der Waals surface area contributed by atoms with Gasteiger partial charge in [0.25, 0.3) is 0 Å². The normalized spacial score (nSPS) is 31.8. The first-order chi connectivity index (χ1) is 14.0. The van der Waals surface area contributed by atoms with Crippen molar-refractivity contribution in [2.75, 3.05) is 33.2 Å². The number of hydrogen-bond acceptors (Lipinski definition) is 4. The minimum absolute atomic E-state index is 0.365. The predicted molar refractivity (Wildman–Crippen MR) is 115 cm³/mol. The van der Waals surface area contributed by atoms with Crippen LogP contribution in [0.25, 0.3) is 10.9 Å². The first kappa shape index (κ1) is 19.0. The summed E-state index contributed by atoms with van der Waals surface area (Å²) in [4.78, 5) is 22.3. The van der Waals surface area contributed by atoms with Crippen LogP contribution in [-0.2, 0) is 11.3 Å². The van der Waals surface area contributed by atoms with Crippen LogP contribution in [-0.4, -0.2) is 53.9 Å². The van der Waals surface area contributed by atoms with Gasteiger partial charge < -0.3 is 15.5 Å². The van der Waals surface area contributed by atoms with Gasteiger partial charge in [0.1, 0.15) is 0 Å². The van der Waals surface area contributed by atoms with E-state index in [9.17, 15) is 4.79 Å². The lowest BCUT2D eigenvalue weighted by Gasteiger charge is -2.37. The summed E-state index contributed by atoms with van der Waals surface area (Å²) in [5.74, 6) is 3.41. The molecule has 5 nitrogen and oxygen atoms in total. The summed E-state index contributed by atoms with van der Waals surface area (Å²) in [5, 5.41) is 1.20. The Morgan fingerprint density at radius 2 is 1.97 bits per heavy atom. The zero-order valence-electron chi connectivity index (χ0n) is 17.6. The van der Waals surface area contributed by atoms with Gasteiger partial charge in [-0.3, -0.25) is 9.78 Å². The van der Waals surface area contributed by atoms with Crippen molar-refractivity contribution in [1.29, 1.82) is 0 Å². The van der Waals surface area contributed by atoms with E-state index in [1.54, 1.807) is 0 Å². The molecule has 3 heterocycles. The average Bonchev–Trinajstić information content (AvgIpc) is 3.17. The first-order valence-corrected chi connectivity index (χ1v) is 11.1. The fourth-order valence-electron chi connectivity index (χ4n) is 6.05. The summed E-state index contributed by atoms with van der Waals surface area (Å²) in [5.41, 5.74) is 9.35. The van der Waals surface area contributed by atoms with E-state index in [4.69, 9.17) is 5.73 Å². The Labute approximate surface area is 173 Å². The van der Waals surface area contributed by atoms with Gasteiger partial charge in [0.05, 0.1) is 5.52 Å². The van der Waals surface area contributed by atoms with Crippen LogP contribution >= 0.6 is 0 Å². The Hall–Kier alpha value is -1.98. The lowest BCUT2D eigenvalue weighted by atomic mass is 9.83. The van der Waals surface area contributed by atoms with Crippen LogP contribution in [0.15, 0.2) is 30.5 Å². The number of carbonyl (C=O) groups excluding carboxylic acids is 1. The average molecular weight is 393 g/mol. The maximum absolute atomic E-state index is 13.1. The smallest absolute Gasteiger partial charge is 0.222 e. The minimum Gasteiger partial charge on any atom is -0.342 e. The van der Waals surface area contributed by atoms with Crippen LogP contribution in [0.3, 0.4) is 0 Å². The molecule has 29 heavy (non-hydrogen) atoms. The Balaban J connectivity index is 1.34. The predicted octanol–water partition coefficient (Wildman–Crippen LogP) is 2.84. The molecular formula is C24H32N4O. The van der Waals surface area contributed by atoms with Crippen LogP contribution in [0.1, 0.15) is 36.8 Å². The Kier molecular flexibility index (Phi) is 4.83. The van der Waals surface area contributed by atoms with Gasteiger partial charge in [-0.2, -0.15) is 0 Å². The molecule has 0 bridgehead atoms. The third-order valence-electron chi connectivity index (χ3n) is 7.52. The molecule has 154 valence electrons. The van der Waals surface area contributed by atoms with Crippen LogP contribution in [0.2, 0.25) is 0 Å². The maximum Gasteiger partial charge on any atom is 0.222 e. The first-order valence-electron chi connectivity index (χ1n) is 11.1. The highest BCUT2D eigenvalue weighted by Crippen LogP contribution is 2.53. The molecule has 2 aromatic rings. The van der Waals surface area contributed by atoms with Gasteiger partial charge in [-0.25, -0.2) is 0 Å². The molecule has 0 unspecified atom stereocenters. The number of aromatic nitrogens is 1. The number of rotatable bonds is 4. The van der Waals surface area contributed by atoms with E-state index in [0.717, 1.165) is 48.8 Å². The molecule has 2 saturated heterocycles. The molecule has 2 N–H and O–H groups in total. The molecule has 1 saturated carbocycles. The largest absolute Gasteiger partial charge is 0.342 e. The number of carbonyl (C=O) groups is 1. The van der Waals surface area contributed by atoms with Crippen molar-refractivity contribution in [2.45, 2.75) is 32.2 Å². The van der Waals surface area contributed by atoms with E-state index < -0.39 is 0 Å². The second-order valence-corrected chi connectivity index (χ2v) is 9.67. The number of fused-ring (bicyclic) bond motifs is 2. The minimum atomic E-state index is 0.365. The van der Waals surface area contributed by atoms with Crippen molar-refractivity contribution in [1.82, 2.24) is 14.8 Å². The molecule has 1 aromatic carbocycles. The van der Waals surface area contributed by atoms with Crippen molar-refractivity contribution >= 4 is 16.8 Å². The Morgan fingerprint density at radius 1 is 1.17 bits per heavy atom. The van der Waals surface area contributed by atoms with Gasteiger partial charge in [-0.15, -0.1) is 0 Å². The van der Waals surface area contributed by atoms with Crippen LogP contribution < -0.4 is 5.73 Å². The molecule has 0 spiro atoms. The molecule has 3 aliphatic rings. The summed E-state index contributed by atoms with van der Waals surface area (Å²) in [6, 6.07) is 8.50. The van der Waals surface area contributed by atoms with Gasteiger partial charge >= 0.3 is 0 Å². The van der Waals surface area contributed by atoms with Gasteiger partial charge in [0, 0.05) is 56.6 Å². The van der Waals surface area contributed by atoms with Crippen molar-refractivity contribution < 1.29 is 4.79 Å². The van der Waals surface area contributed by atoms with E-state index >= 15 is 0 Å². The maximum atomic E-state index is 13.1. The lowest BCUT2D eigenvalue weighted by Crippen LogP contribution is -2.43. The highest BCUT2D eigenvalue weighted by Gasteiger charge is 2.55. The fraction of sp³-hybridized carbons (Fsp3) is 0.583. The SMILES string of the molecule is C[C@@H]1C[C@H](c2ccc(CN)c3ncccc23)CN(C(=O)C[C@@H]2[C@H]3CN(C)C[C@@H]23)C1. The van der Waals surface area contributed by atoms with Crippen LogP contribution in [0.5, 0.6) is 0 Å². The number of hydrogen-bond donors (Lipinski definition) is 1. The molecule has 3 fully saturated rings. The highest BCUT2D eigenvalue weighted by molar-refractivity contribution is 5.86. The van der Waals surface area contributed by atoms with E-state index in [0.29, 0.717) is 30.2 Å². The van der Waals surface area contributed by atoms with Crippen LogP contribution in [0, 0.1) is 23.7 Å². The topological polar surface area (TPSA) is 62.5 Å². The summed E-state index contributed by atoms with van der Waals surface area (Å²) in [6.45, 7) is 6.86. The van der Waals surface area contributed by atoms with E-state index in [-0.39, 0.29) is 0 Å². The summed E-state index contributed by atoms with van der Waals surface area (Å²) >= 11 is 0. The van der Waals surface area contributed by atoms with E-state index in [1.807, 2.05) is 12.3 Å². The van der Waals surface area contributed by atoms with Gasteiger partial charge in [-0.05, 0) is 54.3 Å². The van der Waals surface area contributed by atoms with Crippen molar-refractivity contribution in [3.8, 4) is 0 Å². The van der Waals surface area contributed by atoms with Crippen LogP contribution in [0.4, 0.5) is 0 Å². The molecule has 0 radical (unpaired) electrons. The molecule has 1 aromatic heterocycles.